The van der Waals surface area contributed by atoms with Crippen LogP contribution in [0.15, 0.2) is 5.38 Å². The van der Waals surface area contributed by atoms with Gasteiger partial charge in [0, 0.05) is 11.4 Å². The number of hydrogen-bond donors (Lipinski definition) is 2. The Morgan fingerprint density at radius 1 is 1.55 bits per heavy atom. The van der Waals surface area contributed by atoms with Gasteiger partial charge in [-0.2, -0.15) is 0 Å². The first kappa shape index (κ1) is 15.3. The molecule has 1 aliphatic rings. The minimum Gasteiger partial charge on any atom is -0.481 e. The van der Waals surface area contributed by atoms with Gasteiger partial charge in [0.1, 0.15) is 5.41 Å². The third-order valence-corrected chi connectivity index (χ3v) is 5.51. The number of thiazole rings is 1. The van der Waals surface area contributed by atoms with Crippen molar-refractivity contribution in [3.8, 4) is 0 Å². The predicted octanol–water partition coefficient (Wildman–Crippen LogP) is 3.74. The summed E-state index contributed by atoms with van der Waals surface area (Å²) in [6, 6.07) is 0.465. The number of carboxylic acids is 1. The van der Waals surface area contributed by atoms with Crippen LogP contribution in [0, 0.1) is 11.8 Å². The third-order valence-electron chi connectivity index (χ3n) is 4.74. The van der Waals surface area contributed by atoms with Crippen molar-refractivity contribution in [2.45, 2.75) is 58.4 Å². The second kappa shape index (κ2) is 5.72. The van der Waals surface area contributed by atoms with E-state index in [9.17, 15) is 9.90 Å². The van der Waals surface area contributed by atoms with Crippen molar-refractivity contribution in [2.24, 2.45) is 11.8 Å². The maximum Gasteiger partial charge on any atom is 0.315 e. The van der Waals surface area contributed by atoms with E-state index in [1.165, 1.54) is 30.6 Å². The zero-order valence-electron chi connectivity index (χ0n) is 12.6. The number of anilines is 1. The van der Waals surface area contributed by atoms with Crippen LogP contribution in [0.1, 0.15) is 52.7 Å². The van der Waals surface area contributed by atoms with Crippen molar-refractivity contribution >= 4 is 22.4 Å². The minimum atomic E-state index is -0.927. The highest BCUT2D eigenvalue weighted by Crippen LogP contribution is 2.36. The Kier molecular flexibility index (Phi) is 4.37. The number of aromatic nitrogens is 1. The summed E-state index contributed by atoms with van der Waals surface area (Å²) in [5.41, 5.74) is -0.292. The van der Waals surface area contributed by atoms with E-state index in [0.717, 1.165) is 11.0 Å². The number of nitrogens with zero attached hydrogens (tertiary/aromatic N) is 1. The highest BCUT2D eigenvalue weighted by Gasteiger charge is 2.34. The fourth-order valence-electron chi connectivity index (χ4n) is 2.92. The summed E-state index contributed by atoms with van der Waals surface area (Å²) < 4.78 is 0. The molecule has 1 aromatic rings. The van der Waals surface area contributed by atoms with E-state index in [-0.39, 0.29) is 0 Å². The lowest BCUT2D eigenvalue weighted by molar-refractivity contribution is -0.142. The van der Waals surface area contributed by atoms with Crippen molar-refractivity contribution in [1.29, 1.82) is 0 Å². The van der Waals surface area contributed by atoms with E-state index < -0.39 is 11.4 Å². The summed E-state index contributed by atoms with van der Waals surface area (Å²) in [4.78, 5) is 15.7. The fourth-order valence-corrected chi connectivity index (χ4v) is 3.86. The average molecular weight is 296 g/mol. The molecule has 0 aliphatic heterocycles. The quantitative estimate of drug-likeness (QED) is 0.869. The maximum absolute atomic E-state index is 11.3. The van der Waals surface area contributed by atoms with E-state index in [4.69, 9.17) is 0 Å². The van der Waals surface area contributed by atoms with Crippen LogP contribution in [-0.4, -0.2) is 22.1 Å². The molecule has 0 radical (unpaired) electrons. The summed E-state index contributed by atoms with van der Waals surface area (Å²) in [5.74, 6) is 0.608. The lowest BCUT2D eigenvalue weighted by Crippen LogP contribution is -2.29. The van der Waals surface area contributed by atoms with E-state index in [1.807, 2.05) is 5.38 Å². The van der Waals surface area contributed by atoms with E-state index in [1.54, 1.807) is 13.8 Å². The Labute approximate surface area is 124 Å². The standard InChI is InChI=1S/C15H24N2O2S/c1-5-10-6-7-11(9(10)2)16-14-17-12(8-20-14)15(3,4)13(18)19/h8-11H,5-7H2,1-4H3,(H,16,17)(H,18,19). The number of nitrogens with one attached hydrogen (secondary N) is 1. The Hall–Kier alpha value is -1.10. The molecule has 1 aliphatic carbocycles. The SMILES string of the molecule is CCC1CCC(Nc2nc(C(C)(C)C(=O)O)cs2)C1C. The first-order chi connectivity index (χ1) is 9.36. The van der Waals surface area contributed by atoms with Gasteiger partial charge in [0.15, 0.2) is 5.13 Å². The van der Waals surface area contributed by atoms with Crippen molar-refractivity contribution < 1.29 is 9.90 Å². The molecule has 1 heterocycles. The molecule has 112 valence electrons. The second-order valence-corrected chi connectivity index (χ2v) is 7.18. The van der Waals surface area contributed by atoms with Gasteiger partial charge in [0.2, 0.25) is 0 Å². The van der Waals surface area contributed by atoms with Gasteiger partial charge >= 0.3 is 5.97 Å². The van der Waals surface area contributed by atoms with Crippen LogP contribution in [0.3, 0.4) is 0 Å². The van der Waals surface area contributed by atoms with Crippen LogP contribution >= 0.6 is 11.3 Å². The Morgan fingerprint density at radius 3 is 2.80 bits per heavy atom. The van der Waals surface area contributed by atoms with Gasteiger partial charge in [0.05, 0.1) is 5.69 Å². The molecule has 0 saturated heterocycles. The van der Waals surface area contributed by atoms with Crippen molar-refractivity contribution in [1.82, 2.24) is 4.98 Å². The predicted molar refractivity (Wildman–Crippen MR) is 82.4 cm³/mol. The molecular weight excluding hydrogens is 272 g/mol. The molecule has 5 heteroatoms. The van der Waals surface area contributed by atoms with Gasteiger partial charge in [-0.1, -0.05) is 20.3 Å². The van der Waals surface area contributed by atoms with Crippen LogP contribution in [0.25, 0.3) is 0 Å². The monoisotopic (exact) mass is 296 g/mol. The lowest BCUT2D eigenvalue weighted by Gasteiger charge is -2.20. The Morgan fingerprint density at radius 2 is 2.25 bits per heavy atom. The van der Waals surface area contributed by atoms with Crippen molar-refractivity contribution in [3.63, 3.8) is 0 Å². The van der Waals surface area contributed by atoms with Crippen LogP contribution < -0.4 is 5.32 Å². The van der Waals surface area contributed by atoms with Gasteiger partial charge in [-0.3, -0.25) is 4.79 Å². The topological polar surface area (TPSA) is 62.2 Å². The lowest BCUT2D eigenvalue weighted by atomic mass is 9.90. The second-order valence-electron chi connectivity index (χ2n) is 6.32. The molecule has 3 unspecified atom stereocenters. The first-order valence-corrected chi connectivity index (χ1v) is 8.20. The molecule has 3 atom stereocenters. The number of carboxylic acid groups (broad SMARTS) is 1. The highest BCUT2D eigenvalue weighted by atomic mass is 32.1. The smallest absolute Gasteiger partial charge is 0.315 e. The molecule has 2 N–H and O–H groups in total. The number of rotatable bonds is 5. The summed E-state index contributed by atoms with van der Waals surface area (Å²) in [6.45, 7) is 7.94. The first-order valence-electron chi connectivity index (χ1n) is 7.32. The van der Waals surface area contributed by atoms with Crippen LogP contribution in [-0.2, 0) is 10.2 Å². The summed E-state index contributed by atoms with van der Waals surface area (Å²) in [7, 11) is 0. The summed E-state index contributed by atoms with van der Waals surface area (Å²) in [6.07, 6.45) is 3.68. The normalized spacial score (nSPS) is 26.7. The van der Waals surface area contributed by atoms with Gasteiger partial charge in [-0.05, 0) is 38.5 Å². The zero-order chi connectivity index (χ0) is 14.9. The fraction of sp³-hybridized carbons (Fsp3) is 0.733. The molecule has 0 amide bonds. The molecule has 4 nitrogen and oxygen atoms in total. The Balaban J connectivity index is 2.06. The molecule has 0 spiro atoms. The molecule has 2 rings (SSSR count). The van der Waals surface area contributed by atoms with Crippen LogP contribution in [0.4, 0.5) is 5.13 Å². The van der Waals surface area contributed by atoms with Crippen LogP contribution in [0.5, 0.6) is 0 Å². The van der Waals surface area contributed by atoms with Crippen LogP contribution in [0.2, 0.25) is 0 Å². The van der Waals surface area contributed by atoms with E-state index in [2.05, 4.69) is 24.1 Å². The largest absolute Gasteiger partial charge is 0.481 e. The maximum atomic E-state index is 11.3. The van der Waals surface area contributed by atoms with Crippen molar-refractivity contribution in [2.75, 3.05) is 5.32 Å². The number of carbonyl (C=O) groups is 1. The molecule has 1 fully saturated rings. The molecule has 20 heavy (non-hydrogen) atoms. The average Bonchev–Trinajstić information content (AvgIpc) is 2.98. The minimum absolute atomic E-state index is 0.465. The van der Waals surface area contributed by atoms with Crippen molar-refractivity contribution in [3.05, 3.63) is 11.1 Å². The molecule has 0 bridgehead atoms. The molecule has 0 aromatic carbocycles. The van der Waals surface area contributed by atoms with E-state index >= 15 is 0 Å². The third kappa shape index (κ3) is 2.82. The zero-order valence-corrected chi connectivity index (χ0v) is 13.5. The van der Waals surface area contributed by atoms with Gasteiger partial charge in [-0.25, -0.2) is 4.98 Å². The highest BCUT2D eigenvalue weighted by molar-refractivity contribution is 7.13. The van der Waals surface area contributed by atoms with Gasteiger partial charge in [-0.15, -0.1) is 11.3 Å². The summed E-state index contributed by atoms with van der Waals surface area (Å²) >= 11 is 1.51. The summed E-state index contributed by atoms with van der Waals surface area (Å²) in [5, 5.41) is 15.4. The Bertz CT molecular complexity index is 484. The van der Waals surface area contributed by atoms with Gasteiger partial charge in [0.25, 0.3) is 0 Å². The number of hydrogen-bond acceptors (Lipinski definition) is 4. The van der Waals surface area contributed by atoms with Gasteiger partial charge < -0.3 is 10.4 Å². The molecule has 1 saturated carbocycles. The molecule has 1 aromatic heterocycles. The number of aliphatic carboxylic acids is 1. The van der Waals surface area contributed by atoms with E-state index in [0.29, 0.717) is 17.7 Å². The molecular formula is C15H24N2O2S.